The molecule has 0 spiro atoms. The number of benzene rings is 1. The van der Waals surface area contributed by atoms with Crippen LogP contribution in [0.2, 0.25) is 0 Å². The molecule has 2 nitrogen and oxygen atoms in total. The molecule has 2 heterocycles. The van der Waals surface area contributed by atoms with Gasteiger partial charge in [-0.1, -0.05) is 0 Å². The average Bonchev–Trinajstić information content (AvgIpc) is 3.05. The van der Waals surface area contributed by atoms with Crippen LogP contribution in [0.15, 0.2) is 29.0 Å². The fraction of sp³-hybridized carbons (Fsp3) is 0.286. The maximum Gasteiger partial charge on any atom is 0.416 e. The first kappa shape index (κ1) is 13.5. The average molecular weight is 299 g/mol. The van der Waals surface area contributed by atoms with Crippen LogP contribution in [0.1, 0.15) is 11.1 Å². The second-order valence-electron chi connectivity index (χ2n) is 4.70. The summed E-state index contributed by atoms with van der Waals surface area (Å²) in [6, 6.07) is 4.11. The van der Waals surface area contributed by atoms with E-state index in [4.69, 9.17) is 10.5 Å². The molecule has 0 fully saturated rings. The summed E-state index contributed by atoms with van der Waals surface area (Å²) in [7, 11) is 0. The predicted molar refractivity (Wildman–Crippen MR) is 71.9 cm³/mol. The second-order valence-corrected chi connectivity index (χ2v) is 5.48. The molecule has 0 amide bonds. The summed E-state index contributed by atoms with van der Waals surface area (Å²) in [6.07, 6.45) is -4.18. The molecule has 2 aromatic rings. The van der Waals surface area contributed by atoms with Gasteiger partial charge in [0, 0.05) is 18.5 Å². The minimum atomic E-state index is -4.36. The molecule has 0 saturated carbocycles. The number of alkyl halides is 3. The number of fused-ring (bicyclic) bond motifs is 1. The minimum absolute atomic E-state index is 0.245. The van der Waals surface area contributed by atoms with Crippen LogP contribution in [0.5, 0.6) is 5.75 Å². The van der Waals surface area contributed by atoms with Crippen LogP contribution in [-0.2, 0) is 12.6 Å². The maximum atomic E-state index is 13.0. The molecule has 0 saturated heterocycles. The Morgan fingerprint density at radius 2 is 2.15 bits per heavy atom. The molecule has 20 heavy (non-hydrogen) atoms. The van der Waals surface area contributed by atoms with E-state index in [1.807, 2.05) is 10.8 Å². The van der Waals surface area contributed by atoms with Gasteiger partial charge in [0.1, 0.15) is 11.9 Å². The Hall–Kier alpha value is -1.53. The molecule has 1 atom stereocenters. The Bertz CT molecular complexity index is 622. The van der Waals surface area contributed by atoms with Crippen molar-refractivity contribution < 1.29 is 17.9 Å². The molecule has 1 aliphatic rings. The lowest BCUT2D eigenvalue weighted by Gasteiger charge is -2.13. The van der Waals surface area contributed by atoms with E-state index in [2.05, 4.69) is 0 Å². The monoisotopic (exact) mass is 299 g/mol. The summed E-state index contributed by atoms with van der Waals surface area (Å²) >= 11 is 1.44. The van der Waals surface area contributed by atoms with Gasteiger partial charge in [-0.05, 0) is 40.1 Å². The van der Waals surface area contributed by atoms with E-state index in [0.717, 1.165) is 11.6 Å². The molecule has 0 radical (unpaired) electrons. The molecule has 106 valence electrons. The predicted octanol–water partition coefficient (Wildman–Crippen LogP) is 3.70. The van der Waals surface area contributed by atoms with E-state index in [-0.39, 0.29) is 6.10 Å². The summed E-state index contributed by atoms with van der Waals surface area (Å²) in [6.45, 7) is 0.291. The third-order valence-corrected chi connectivity index (χ3v) is 4.00. The first-order chi connectivity index (χ1) is 9.49. The topological polar surface area (TPSA) is 35.2 Å². The number of halogens is 3. The minimum Gasteiger partial charge on any atom is -0.488 e. The Morgan fingerprint density at radius 3 is 2.75 bits per heavy atom. The van der Waals surface area contributed by atoms with Gasteiger partial charge >= 0.3 is 6.18 Å². The van der Waals surface area contributed by atoms with Crippen molar-refractivity contribution in [3.8, 4) is 16.9 Å². The van der Waals surface area contributed by atoms with Gasteiger partial charge in [-0.3, -0.25) is 0 Å². The number of rotatable bonds is 2. The standard InChI is InChI=1S/C14H12F3NOS/c15-14(16,17)10-3-9-4-11(6-18)19-13(9)12(5-10)8-1-2-20-7-8/h1-3,5,7,11H,4,6,18H2. The Labute approximate surface area is 118 Å². The molecule has 1 aromatic carbocycles. The Kier molecular flexibility index (Phi) is 3.22. The van der Waals surface area contributed by atoms with Crippen molar-refractivity contribution in [2.24, 2.45) is 5.73 Å². The highest BCUT2D eigenvalue weighted by atomic mass is 32.1. The molecule has 1 aromatic heterocycles. The SMILES string of the molecule is NCC1Cc2cc(C(F)(F)F)cc(-c3ccsc3)c2O1. The zero-order chi connectivity index (χ0) is 14.3. The molecule has 2 N–H and O–H groups in total. The zero-order valence-corrected chi connectivity index (χ0v) is 11.2. The van der Waals surface area contributed by atoms with Gasteiger partial charge in [-0.15, -0.1) is 0 Å². The lowest BCUT2D eigenvalue weighted by Crippen LogP contribution is -2.24. The summed E-state index contributed by atoms with van der Waals surface area (Å²) in [5.41, 5.74) is 6.74. The first-order valence-corrected chi connectivity index (χ1v) is 7.06. The summed E-state index contributed by atoms with van der Waals surface area (Å²) < 4.78 is 44.7. The summed E-state index contributed by atoms with van der Waals surface area (Å²) in [5, 5.41) is 3.65. The van der Waals surface area contributed by atoms with Gasteiger partial charge in [-0.25, -0.2) is 0 Å². The van der Waals surface area contributed by atoms with E-state index >= 15 is 0 Å². The Balaban J connectivity index is 2.16. The van der Waals surface area contributed by atoms with Crippen molar-refractivity contribution >= 4 is 11.3 Å². The van der Waals surface area contributed by atoms with E-state index < -0.39 is 11.7 Å². The molecule has 3 rings (SSSR count). The van der Waals surface area contributed by atoms with Gasteiger partial charge in [0.05, 0.1) is 5.56 Å². The third kappa shape index (κ3) is 2.29. The smallest absolute Gasteiger partial charge is 0.416 e. The van der Waals surface area contributed by atoms with Crippen LogP contribution in [0.4, 0.5) is 13.2 Å². The Morgan fingerprint density at radius 1 is 1.35 bits per heavy atom. The number of hydrogen-bond acceptors (Lipinski definition) is 3. The molecule has 0 bridgehead atoms. The first-order valence-electron chi connectivity index (χ1n) is 6.12. The van der Waals surface area contributed by atoms with Crippen molar-refractivity contribution in [2.75, 3.05) is 6.54 Å². The highest BCUT2D eigenvalue weighted by molar-refractivity contribution is 7.08. The van der Waals surface area contributed by atoms with Crippen molar-refractivity contribution in [3.63, 3.8) is 0 Å². The van der Waals surface area contributed by atoms with Crippen LogP contribution in [0.3, 0.4) is 0 Å². The zero-order valence-electron chi connectivity index (χ0n) is 10.4. The molecule has 1 unspecified atom stereocenters. The van der Waals surface area contributed by atoms with E-state index in [1.165, 1.54) is 17.4 Å². The van der Waals surface area contributed by atoms with Gasteiger partial charge in [0.15, 0.2) is 0 Å². The third-order valence-electron chi connectivity index (χ3n) is 3.32. The lowest BCUT2D eigenvalue weighted by molar-refractivity contribution is -0.137. The van der Waals surface area contributed by atoms with Gasteiger partial charge in [0.2, 0.25) is 0 Å². The quantitative estimate of drug-likeness (QED) is 0.917. The van der Waals surface area contributed by atoms with Crippen LogP contribution in [-0.4, -0.2) is 12.6 Å². The van der Waals surface area contributed by atoms with Crippen LogP contribution < -0.4 is 10.5 Å². The van der Waals surface area contributed by atoms with Crippen LogP contribution in [0.25, 0.3) is 11.1 Å². The molecule has 0 aliphatic carbocycles. The van der Waals surface area contributed by atoms with E-state index in [9.17, 15) is 13.2 Å². The van der Waals surface area contributed by atoms with Gasteiger partial charge in [-0.2, -0.15) is 24.5 Å². The highest BCUT2D eigenvalue weighted by Gasteiger charge is 2.35. The molecule has 1 aliphatic heterocycles. The number of thiophene rings is 1. The van der Waals surface area contributed by atoms with Crippen LogP contribution >= 0.6 is 11.3 Å². The largest absolute Gasteiger partial charge is 0.488 e. The van der Waals surface area contributed by atoms with Crippen molar-refractivity contribution in [1.29, 1.82) is 0 Å². The number of ether oxygens (including phenoxy) is 1. The molecule has 6 heteroatoms. The number of nitrogens with two attached hydrogens (primary N) is 1. The van der Waals surface area contributed by atoms with Crippen molar-refractivity contribution in [1.82, 2.24) is 0 Å². The summed E-state index contributed by atoms with van der Waals surface area (Å²) in [5.74, 6) is 0.534. The summed E-state index contributed by atoms with van der Waals surface area (Å²) in [4.78, 5) is 0. The van der Waals surface area contributed by atoms with Crippen LogP contribution in [0, 0.1) is 0 Å². The van der Waals surface area contributed by atoms with E-state index in [0.29, 0.717) is 29.8 Å². The van der Waals surface area contributed by atoms with Gasteiger partial charge in [0.25, 0.3) is 0 Å². The molecular formula is C14H12F3NOS. The second kappa shape index (κ2) is 4.79. The van der Waals surface area contributed by atoms with E-state index in [1.54, 1.807) is 6.07 Å². The maximum absolute atomic E-state index is 13.0. The highest BCUT2D eigenvalue weighted by Crippen LogP contribution is 2.43. The lowest BCUT2D eigenvalue weighted by atomic mass is 9.98. The van der Waals surface area contributed by atoms with Crippen molar-refractivity contribution in [2.45, 2.75) is 18.7 Å². The fourth-order valence-corrected chi connectivity index (χ4v) is 3.02. The van der Waals surface area contributed by atoms with Crippen molar-refractivity contribution in [3.05, 3.63) is 40.1 Å². The van der Waals surface area contributed by atoms with Gasteiger partial charge < -0.3 is 10.5 Å². The molecular weight excluding hydrogens is 287 g/mol. The number of hydrogen-bond donors (Lipinski definition) is 1. The fourth-order valence-electron chi connectivity index (χ4n) is 2.36. The normalized spacial score (nSPS) is 17.9.